The third kappa shape index (κ3) is 5.89. The smallest absolute Gasteiger partial charge is 0.335 e. The van der Waals surface area contributed by atoms with E-state index in [1.165, 1.54) is 38.6 Å². The summed E-state index contributed by atoms with van der Waals surface area (Å²) in [4.78, 5) is 32.9. The van der Waals surface area contributed by atoms with E-state index in [9.17, 15) is 23.1 Å². The SMILES string of the molecule is COc1cc(C(=O)O)ccc1Nc1ncc(C(=O)C(C)C)c(Nc2ccccc2N(C)S(C)(=O)=O)n1. The minimum Gasteiger partial charge on any atom is -0.495 e. The van der Waals surface area contributed by atoms with Gasteiger partial charge in [0, 0.05) is 19.2 Å². The summed E-state index contributed by atoms with van der Waals surface area (Å²) in [5.41, 5.74) is 1.46. The molecular formula is C24H27N5O6S. The predicted molar refractivity (Wildman–Crippen MR) is 137 cm³/mol. The number of Topliss-reactive ketones (excluding diaryl/α,β-unsaturated/α-hetero) is 1. The van der Waals surface area contributed by atoms with Crippen molar-refractivity contribution in [2.45, 2.75) is 13.8 Å². The highest BCUT2D eigenvalue weighted by Crippen LogP contribution is 2.32. The minimum atomic E-state index is -3.55. The molecule has 0 aliphatic heterocycles. The molecule has 1 aromatic heterocycles. The van der Waals surface area contributed by atoms with Gasteiger partial charge in [0.05, 0.1) is 41.6 Å². The molecule has 3 rings (SSSR count). The van der Waals surface area contributed by atoms with Gasteiger partial charge in [0.25, 0.3) is 0 Å². The number of ketones is 1. The van der Waals surface area contributed by atoms with Crippen LogP contribution in [0.3, 0.4) is 0 Å². The fourth-order valence-corrected chi connectivity index (χ4v) is 3.75. The van der Waals surface area contributed by atoms with Gasteiger partial charge in [0.15, 0.2) is 5.78 Å². The molecule has 3 N–H and O–H groups in total. The van der Waals surface area contributed by atoms with Crippen molar-refractivity contribution in [2.24, 2.45) is 5.92 Å². The fourth-order valence-electron chi connectivity index (χ4n) is 3.24. The molecule has 0 aliphatic rings. The Morgan fingerprint density at radius 2 is 1.78 bits per heavy atom. The lowest BCUT2D eigenvalue weighted by molar-refractivity contribution is 0.0696. The Bertz CT molecular complexity index is 1410. The lowest BCUT2D eigenvalue weighted by Gasteiger charge is -2.21. The number of hydrogen-bond acceptors (Lipinski definition) is 9. The van der Waals surface area contributed by atoms with Crippen LogP contribution in [0.1, 0.15) is 34.6 Å². The normalized spacial score (nSPS) is 11.2. The van der Waals surface area contributed by atoms with Gasteiger partial charge in [0.2, 0.25) is 16.0 Å². The highest BCUT2D eigenvalue weighted by atomic mass is 32.2. The summed E-state index contributed by atoms with van der Waals surface area (Å²) in [6, 6.07) is 11.0. The monoisotopic (exact) mass is 513 g/mol. The second-order valence-electron chi connectivity index (χ2n) is 8.19. The summed E-state index contributed by atoms with van der Waals surface area (Å²) < 4.78 is 30.7. The van der Waals surface area contributed by atoms with Crippen molar-refractivity contribution in [3.63, 3.8) is 0 Å². The van der Waals surface area contributed by atoms with Crippen molar-refractivity contribution in [3.05, 3.63) is 59.8 Å². The average molecular weight is 514 g/mol. The number of sulfonamides is 1. The maximum Gasteiger partial charge on any atom is 0.335 e. The van der Waals surface area contributed by atoms with E-state index in [-0.39, 0.29) is 40.3 Å². The summed E-state index contributed by atoms with van der Waals surface area (Å²) in [5, 5.41) is 15.3. The first-order valence-corrected chi connectivity index (χ1v) is 12.7. The second kappa shape index (κ2) is 10.6. The number of nitrogens with zero attached hydrogens (tertiary/aromatic N) is 3. The topological polar surface area (TPSA) is 151 Å². The van der Waals surface area contributed by atoms with Gasteiger partial charge >= 0.3 is 5.97 Å². The first-order chi connectivity index (χ1) is 16.9. The fraction of sp³-hybridized carbons (Fsp3) is 0.250. The van der Waals surface area contributed by atoms with Crippen molar-refractivity contribution in [1.82, 2.24) is 9.97 Å². The number of carbonyl (C=O) groups excluding carboxylic acids is 1. The third-order valence-electron chi connectivity index (χ3n) is 5.27. The molecule has 0 aliphatic carbocycles. The van der Waals surface area contributed by atoms with E-state index >= 15 is 0 Å². The molecule has 0 radical (unpaired) electrons. The first-order valence-electron chi connectivity index (χ1n) is 10.8. The summed E-state index contributed by atoms with van der Waals surface area (Å²) in [6.07, 6.45) is 2.47. The van der Waals surface area contributed by atoms with Crippen molar-refractivity contribution >= 4 is 50.6 Å². The molecule has 36 heavy (non-hydrogen) atoms. The molecule has 0 amide bonds. The minimum absolute atomic E-state index is 0.0464. The number of carbonyl (C=O) groups is 2. The van der Waals surface area contributed by atoms with Gasteiger partial charge in [-0.1, -0.05) is 26.0 Å². The van der Waals surface area contributed by atoms with Gasteiger partial charge in [-0.15, -0.1) is 0 Å². The number of benzene rings is 2. The third-order valence-corrected chi connectivity index (χ3v) is 6.46. The van der Waals surface area contributed by atoms with E-state index in [1.54, 1.807) is 38.1 Å². The van der Waals surface area contributed by atoms with Crippen LogP contribution in [0.5, 0.6) is 5.75 Å². The largest absolute Gasteiger partial charge is 0.495 e. The van der Waals surface area contributed by atoms with Gasteiger partial charge in [-0.05, 0) is 30.3 Å². The number of carboxylic acid groups (broad SMARTS) is 1. The number of rotatable bonds is 10. The van der Waals surface area contributed by atoms with Gasteiger partial charge in [0.1, 0.15) is 11.6 Å². The molecule has 0 saturated heterocycles. The van der Waals surface area contributed by atoms with Gasteiger partial charge < -0.3 is 20.5 Å². The lowest BCUT2D eigenvalue weighted by atomic mass is 10.0. The standard InChI is InChI=1S/C24H27N5O6S/c1-14(2)21(30)16-13-25-24(27-18-11-10-15(23(31)32)12-20(18)35-4)28-22(16)26-17-8-6-7-9-19(17)29(3)36(5,33)34/h6-14H,1-5H3,(H,31,32)(H2,25,26,27,28). The Balaban J connectivity index is 2.06. The molecular weight excluding hydrogens is 486 g/mol. The Morgan fingerprint density at radius 1 is 1.08 bits per heavy atom. The lowest BCUT2D eigenvalue weighted by Crippen LogP contribution is -2.25. The molecule has 0 atom stereocenters. The summed E-state index contributed by atoms with van der Waals surface area (Å²) in [7, 11) is -0.722. The number of aromatic nitrogens is 2. The van der Waals surface area contributed by atoms with Crippen molar-refractivity contribution in [3.8, 4) is 5.75 Å². The Hall–Kier alpha value is -4.19. The number of nitrogens with one attached hydrogen (secondary N) is 2. The molecule has 0 unspecified atom stereocenters. The van der Waals surface area contributed by atoms with E-state index in [1.807, 2.05) is 0 Å². The molecule has 0 spiro atoms. The van der Waals surface area contributed by atoms with Crippen molar-refractivity contribution < 1.29 is 27.9 Å². The predicted octanol–water partition coefficient (Wildman–Crippen LogP) is 3.91. The molecule has 1 heterocycles. The number of para-hydroxylation sites is 2. The zero-order valence-corrected chi connectivity index (χ0v) is 21.3. The maximum atomic E-state index is 12.9. The van der Waals surface area contributed by atoms with Crippen LogP contribution in [0.15, 0.2) is 48.7 Å². The summed E-state index contributed by atoms with van der Waals surface area (Å²) >= 11 is 0. The molecule has 3 aromatic rings. The van der Waals surface area contributed by atoms with Crippen molar-refractivity contribution in [1.29, 1.82) is 0 Å². The highest BCUT2D eigenvalue weighted by molar-refractivity contribution is 7.92. The van der Waals surface area contributed by atoms with Crippen LogP contribution in [-0.4, -0.2) is 55.7 Å². The van der Waals surface area contributed by atoms with E-state index in [0.717, 1.165) is 10.6 Å². The van der Waals surface area contributed by atoms with E-state index in [4.69, 9.17) is 4.74 Å². The van der Waals surface area contributed by atoms with Crippen LogP contribution in [0.25, 0.3) is 0 Å². The molecule has 190 valence electrons. The van der Waals surface area contributed by atoms with Crippen LogP contribution < -0.4 is 19.7 Å². The number of ether oxygens (including phenoxy) is 1. The van der Waals surface area contributed by atoms with Crippen LogP contribution in [-0.2, 0) is 10.0 Å². The molecule has 12 heteroatoms. The Labute approximate surface area is 209 Å². The zero-order chi connectivity index (χ0) is 26.6. The van der Waals surface area contributed by atoms with Gasteiger partial charge in [-0.3, -0.25) is 9.10 Å². The van der Waals surface area contributed by atoms with Crippen molar-refractivity contribution in [2.75, 3.05) is 35.4 Å². The van der Waals surface area contributed by atoms with Gasteiger partial charge in [-0.25, -0.2) is 18.2 Å². The molecule has 11 nitrogen and oxygen atoms in total. The first kappa shape index (κ1) is 26.4. The zero-order valence-electron chi connectivity index (χ0n) is 20.4. The molecule has 2 aromatic carbocycles. The number of hydrogen-bond donors (Lipinski definition) is 3. The molecule has 0 fully saturated rings. The molecule has 0 bridgehead atoms. The Kier molecular flexibility index (Phi) is 7.78. The van der Waals surface area contributed by atoms with Crippen LogP contribution in [0.4, 0.5) is 28.8 Å². The Morgan fingerprint density at radius 3 is 2.39 bits per heavy atom. The number of anilines is 5. The van der Waals surface area contributed by atoms with E-state index in [0.29, 0.717) is 17.1 Å². The number of carboxylic acids is 1. The van der Waals surface area contributed by atoms with Crippen LogP contribution in [0.2, 0.25) is 0 Å². The average Bonchev–Trinajstić information content (AvgIpc) is 2.83. The maximum absolute atomic E-state index is 12.9. The molecule has 0 saturated carbocycles. The quantitative estimate of drug-likeness (QED) is 0.340. The van der Waals surface area contributed by atoms with Crippen LogP contribution in [0, 0.1) is 5.92 Å². The summed E-state index contributed by atoms with van der Waals surface area (Å²) in [6.45, 7) is 3.50. The van der Waals surface area contributed by atoms with Gasteiger partial charge in [-0.2, -0.15) is 4.98 Å². The number of aromatic carboxylic acids is 1. The summed E-state index contributed by atoms with van der Waals surface area (Å²) in [5.74, 6) is -1.12. The van der Waals surface area contributed by atoms with E-state index in [2.05, 4.69) is 20.6 Å². The van der Waals surface area contributed by atoms with Crippen LogP contribution >= 0.6 is 0 Å². The second-order valence-corrected chi connectivity index (χ2v) is 10.2. The van der Waals surface area contributed by atoms with E-state index < -0.39 is 16.0 Å². The number of methoxy groups -OCH3 is 1. The highest BCUT2D eigenvalue weighted by Gasteiger charge is 2.21.